The van der Waals surface area contributed by atoms with E-state index in [0.29, 0.717) is 29.5 Å². The number of nitrogens with zero attached hydrogens (tertiary/aromatic N) is 4. The van der Waals surface area contributed by atoms with Crippen molar-refractivity contribution in [2.45, 2.75) is 63.7 Å². The zero-order valence-corrected chi connectivity index (χ0v) is 19.8. The molecule has 7 heteroatoms. The van der Waals surface area contributed by atoms with Gasteiger partial charge in [-0.05, 0) is 75.6 Å². The van der Waals surface area contributed by atoms with Crippen LogP contribution in [0, 0.1) is 11.8 Å². The lowest BCUT2D eigenvalue weighted by Crippen LogP contribution is -2.24. The number of hydrogen-bond acceptors (Lipinski definition) is 6. The first-order valence-electron chi connectivity index (χ1n) is 12.3. The Labute approximate surface area is 199 Å². The number of aryl methyl sites for hydroxylation is 1. The van der Waals surface area contributed by atoms with Gasteiger partial charge in [0.2, 0.25) is 0 Å². The number of anilines is 2. The minimum absolute atomic E-state index is 0.0969. The zero-order chi connectivity index (χ0) is 23.4. The number of aromatic nitrogens is 4. The molecule has 34 heavy (non-hydrogen) atoms. The van der Waals surface area contributed by atoms with Crippen LogP contribution < -0.4 is 11.5 Å². The minimum Gasteiger partial charge on any atom is -0.384 e. The second kappa shape index (κ2) is 7.94. The molecule has 7 nitrogen and oxygen atoms in total. The summed E-state index contributed by atoms with van der Waals surface area (Å²) in [4.78, 5) is 13.3. The summed E-state index contributed by atoms with van der Waals surface area (Å²) in [5.74, 6) is 2.11. The van der Waals surface area contributed by atoms with Gasteiger partial charge in [0.05, 0.1) is 22.6 Å². The smallest absolute Gasteiger partial charge is 0.145 e. The quantitative estimate of drug-likeness (QED) is 0.442. The molecule has 4 heterocycles. The molecule has 3 aromatic heterocycles. The predicted molar refractivity (Wildman–Crippen MR) is 135 cm³/mol. The van der Waals surface area contributed by atoms with Gasteiger partial charge >= 0.3 is 0 Å². The van der Waals surface area contributed by atoms with Crippen LogP contribution >= 0.6 is 0 Å². The summed E-state index contributed by atoms with van der Waals surface area (Å²) in [6, 6.07) is 12.7. The topological polar surface area (TPSA) is 105 Å². The van der Waals surface area contributed by atoms with Crippen LogP contribution in [0.25, 0.3) is 21.9 Å². The van der Waals surface area contributed by atoms with Crippen LogP contribution in [0.1, 0.15) is 51.1 Å². The van der Waals surface area contributed by atoms with Gasteiger partial charge in [0.25, 0.3) is 0 Å². The maximum absolute atomic E-state index is 6.64. The molecule has 4 atom stereocenters. The van der Waals surface area contributed by atoms with Crippen molar-refractivity contribution in [3.05, 3.63) is 54.5 Å². The first-order chi connectivity index (χ1) is 16.4. The van der Waals surface area contributed by atoms with Crippen molar-refractivity contribution in [1.82, 2.24) is 19.5 Å². The normalized spacial score (nSPS) is 25.8. The van der Waals surface area contributed by atoms with Crippen LogP contribution in [0.2, 0.25) is 0 Å². The number of pyridine rings is 1. The average Bonchev–Trinajstić information content (AvgIpc) is 3.46. The molecule has 0 unspecified atom stereocenters. The lowest BCUT2D eigenvalue weighted by molar-refractivity contribution is -0.0397. The summed E-state index contributed by atoms with van der Waals surface area (Å²) >= 11 is 0. The molecule has 0 radical (unpaired) electrons. The van der Waals surface area contributed by atoms with Crippen LogP contribution in [-0.4, -0.2) is 31.2 Å². The number of nitrogens with two attached hydrogens (primary N) is 2. The van der Waals surface area contributed by atoms with E-state index in [1.807, 2.05) is 12.1 Å². The Morgan fingerprint density at radius 3 is 2.88 bits per heavy atom. The number of benzene rings is 1. The highest BCUT2D eigenvalue weighted by Gasteiger charge is 2.53. The summed E-state index contributed by atoms with van der Waals surface area (Å²) in [6.07, 6.45) is 9.36. The molecule has 1 aromatic carbocycles. The SMILES string of the molecule is CC1(C)C[C@@H]2[C@H](O1)[C@@H](CCCc1cccc3ccc(N)nc13)C[C@H]2n1ccc2c(N)ncnc21. The molecule has 1 aliphatic carbocycles. The average molecular weight is 457 g/mol. The summed E-state index contributed by atoms with van der Waals surface area (Å²) < 4.78 is 8.97. The number of hydrogen-bond donors (Lipinski definition) is 2. The summed E-state index contributed by atoms with van der Waals surface area (Å²) in [7, 11) is 0. The van der Waals surface area contributed by atoms with Gasteiger partial charge in [-0.25, -0.2) is 15.0 Å². The highest BCUT2D eigenvalue weighted by atomic mass is 16.5. The second-order valence-corrected chi connectivity index (χ2v) is 10.6. The number of para-hydroxylation sites is 1. The Morgan fingerprint density at radius 2 is 2.00 bits per heavy atom. The summed E-state index contributed by atoms with van der Waals surface area (Å²) in [6.45, 7) is 4.44. The Bertz CT molecular complexity index is 1360. The summed E-state index contributed by atoms with van der Waals surface area (Å²) in [5.41, 5.74) is 15.2. The first-order valence-corrected chi connectivity index (χ1v) is 12.3. The molecule has 1 aliphatic heterocycles. The van der Waals surface area contributed by atoms with Crippen molar-refractivity contribution < 1.29 is 4.74 Å². The zero-order valence-electron chi connectivity index (χ0n) is 19.8. The van der Waals surface area contributed by atoms with E-state index in [2.05, 4.69) is 63.8 Å². The molecule has 176 valence electrons. The van der Waals surface area contributed by atoms with Crippen LogP contribution in [0.4, 0.5) is 11.6 Å². The molecule has 2 aliphatic rings. The van der Waals surface area contributed by atoms with E-state index in [1.54, 1.807) is 6.33 Å². The monoisotopic (exact) mass is 456 g/mol. The fourth-order valence-electron chi connectivity index (χ4n) is 6.45. The van der Waals surface area contributed by atoms with Gasteiger partial charge in [0.1, 0.15) is 23.6 Å². The molecule has 4 N–H and O–H groups in total. The van der Waals surface area contributed by atoms with Gasteiger partial charge in [-0.1, -0.05) is 18.2 Å². The van der Waals surface area contributed by atoms with Crippen LogP contribution in [-0.2, 0) is 11.2 Å². The fourth-order valence-corrected chi connectivity index (χ4v) is 6.45. The van der Waals surface area contributed by atoms with Crippen molar-refractivity contribution in [2.24, 2.45) is 11.8 Å². The maximum atomic E-state index is 6.64. The standard InChI is InChI=1S/C27H32N6O/c1-27(2)14-20-21(33-12-11-19-25(29)30-15-31-26(19)33)13-18(24(20)34-27)8-4-6-16-5-3-7-17-9-10-22(28)32-23(16)17/h3,5,7,9-12,15,18,20-21,24H,4,6,8,13-14H2,1-2H3,(H2,28,32)(H2,29,30,31)/t18-,20-,21+,24+/m0/s1. The molecule has 0 spiro atoms. The number of fused-ring (bicyclic) bond motifs is 3. The molecule has 0 amide bonds. The van der Waals surface area contributed by atoms with Gasteiger partial charge in [0.15, 0.2) is 0 Å². The van der Waals surface area contributed by atoms with Gasteiger partial charge in [-0.15, -0.1) is 0 Å². The Balaban J connectivity index is 1.23. The van der Waals surface area contributed by atoms with E-state index < -0.39 is 0 Å². The molecule has 1 saturated carbocycles. The van der Waals surface area contributed by atoms with E-state index in [0.717, 1.165) is 54.0 Å². The Kier molecular flexibility index (Phi) is 4.99. The third kappa shape index (κ3) is 3.59. The molecule has 6 rings (SSSR count). The van der Waals surface area contributed by atoms with Crippen molar-refractivity contribution in [1.29, 1.82) is 0 Å². The number of rotatable bonds is 5. The fraction of sp³-hybridized carbons (Fsp3) is 0.444. The molecule has 4 aromatic rings. The van der Waals surface area contributed by atoms with Gasteiger partial charge < -0.3 is 20.8 Å². The lowest BCUT2D eigenvalue weighted by atomic mass is 9.91. The predicted octanol–water partition coefficient (Wildman–Crippen LogP) is 4.91. The second-order valence-electron chi connectivity index (χ2n) is 10.6. The van der Waals surface area contributed by atoms with Gasteiger partial charge in [-0.2, -0.15) is 0 Å². The maximum Gasteiger partial charge on any atom is 0.145 e. The highest BCUT2D eigenvalue weighted by molar-refractivity contribution is 5.86. The Hall–Kier alpha value is -3.19. The van der Waals surface area contributed by atoms with Crippen molar-refractivity contribution in [3.8, 4) is 0 Å². The Morgan fingerprint density at radius 1 is 1.12 bits per heavy atom. The molecule has 1 saturated heterocycles. The van der Waals surface area contributed by atoms with Gasteiger partial charge in [-0.3, -0.25) is 0 Å². The van der Waals surface area contributed by atoms with E-state index in [-0.39, 0.29) is 11.7 Å². The van der Waals surface area contributed by atoms with E-state index in [4.69, 9.17) is 16.2 Å². The third-order valence-corrected chi connectivity index (χ3v) is 7.85. The minimum atomic E-state index is -0.0969. The van der Waals surface area contributed by atoms with E-state index in [9.17, 15) is 0 Å². The van der Waals surface area contributed by atoms with Gasteiger partial charge in [0, 0.05) is 23.5 Å². The summed E-state index contributed by atoms with van der Waals surface area (Å²) in [5, 5.41) is 2.08. The van der Waals surface area contributed by atoms with E-state index >= 15 is 0 Å². The highest BCUT2D eigenvalue weighted by Crippen LogP contribution is 2.53. The van der Waals surface area contributed by atoms with Crippen LogP contribution in [0.5, 0.6) is 0 Å². The van der Waals surface area contributed by atoms with Crippen molar-refractivity contribution >= 4 is 33.6 Å². The van der Waals surface area contributed by atoms with Crippen molar-refractivity contribution in [3.63, 3.8) is 0 Å². The van der Waals surface area contributed by atoms with Crippen molar-refractivity contribution in [2.75, 3.05) is 11.5 Å². The first kappa shape index (κ1) is 21.4. The number of nitrogen functional groups attached to an aromatic ring is 2. The van der Waals surface area contributed by atoms with Crippen LogP contribution in [0.3, 0.4) is 0 Å². The van der Waals surface area contributed by atoms with E-state index in [1.165, 1.54) is 5.56 Å². The number of ether oxygens (including phenoxy) is 1. The third-order valence-electron chi connectivity index (χ3n) is 7.85. The molecular formula is C27H32N6O. The lowest BCUT2D eigenvalue weighted by Gasteiger charge is -2.24. The molecular weight excluding hydrogens is 424 g/mol. The van der Waals surface area contributed by atoms with Crippen LogP contribution in [0.15, 0.2) is 48.9 Å². The molecule has 2 fully saturated rings. The molecule has 0 bridgehead atoms. The largest absolute Gasteiger partial charge is 0.384 e.